The quantitative estimate of drug-likeness (QED) is 0.423. The summed E-state index contributed by atoms with van der Waals surface area (Å²) in [6, 6.07) is 13.6. The smallest absolute Gasteiger partial charge is 0.328 e. The Hall–Kier alpha value is -3.92. The van der Waals surface area contributed by atoms with Crippen LogP contribution in [0.25, 0.3) is 11.0 Å². The number of nitrogens with one attached hydrogen (secondary N) is 1. The Morgan fingerprint density at radius 2 is 1.56 bits per heavy atom. The number of fused-ring (bicyclic) bond motifs is 1. The average molecular weight is 484 g/mol. The Bertz CT molecular complexity index is 1550. The zero-order valence-corrected chi connectivity index (χ0v) is 19.5. The van der Waals surface area contributed by atoms with E-state index in [0.29, 0.717) is 23.4 Å². The number of nitrogens with zero attached hydrogens (tertiary/aromatic N) is 2. The molecule has 1 N–H and O–H groups in total. The second-order valence-corrected chi connectivity index (χ2v) is 9.52. The minimum atomic E-state index is -4.17. The molecule has 0 atom stereocenters. The van der Waals surface area contributed by atoms with E-state index in [-0.39, 0.29) is 26.7 Å². The number of imidazole rings is 1. The van der Waals surface area contributed by atoms with Gasteiger partial charge in [0.2, 0.25) is 9.84 Å². The van der Waals surface area contributed by atoms with Crippen LogP contribution in [0.4, 0.5) is 10.1 Å². The molecular formula is C24H22FN3O5S. The lowest BCUT2D eigenvalue weighted by molar-refractivity contribution is 0.102. The van der Waals surface area contributed by atoms with E-state index < -0.39 is 21.6 Å². The van der Waals surface area contributed by atoms with Gasteiger partial charge in [-0.25, -0.2) is 17.6 Å². The number of aromatic nitrogens is 2. The number of amides is 1. The van der Waals surface area contributed by atoms with Crippen molar-refractivity contribution in [1.82, 2.24) is 9.13 Å². The predicted molar refractivity (Wildman–Crippen MR) is 126 cm³/mol. The molecule has 0 saturated carbocycles. The van der Waals surface area contributed by atoms with Gasteiger partial charge in [0, 0.05) is 19.7 Å². The lowest BCUT2D eigenvalue weighted by Crippen LogP contribution is -2.19. The van der Waals surface area contributed by atoms with Crippen LogP contribution in [0.5, 0.6) is 5.75 Å². The molecule has 0 bridgehead atoms. The Morgan fingerprint density at radius 3 is 2.15 bits per heavy atom. The first-order valence-electron chi connectivity index (χ1n) is 10.4. The fourth-order valence-corrected chi connectivity index (χ4v) is 5.07. The maximum atomic E-state index is 13.5. The fourth-order valence-electron chi connectivity index (χ4n) is 3.65. The van der Waals surface area contributed by atoms with E-state index in [2.05, 4.69) is 5.32 Å². The molecule has 0 radical (unpaired) electrons. The Kier molecular flexibility index (Phi) is 6.01. The predicted octanol–water partition coefficient (Wildman–Crippen LogP) is 3.50. The van der Waals surface area contributed by atoms with E-state index in [4.69, 9.17) is 4.74 Å². The van der Waals surface area contributed by atoms with Crippen LogP contribution >= 0.6 is 0 Å². The summed E-state index contributed by atoms with van der Waals surface area (Å²) in [7, 11) is -1.09. The van der Waals surface area contributed by atoms with Crippen LogP contribution in [0.15, 0.2) is 75.2 Å². The molecule has 1 aromatic heterocycles. The average Bonchev–Trinajstić information content (AvgIpc) is 3.03. The van der Waals surface area contributed by atoms with Gasteiger partial charge < -0.3 is 10.1 Å². The highest BCUT2D eigenvalue weighted by atomic mass is 32.2. The molecule has 10 heteroatoms. The van der Waals surface area contributed by atoms with Gasteiger partial charge in [-0.05, 0) is 67.6 Å². The first kappa shape index (κ1) is 23.2. The maximum Gasteiger partial charge on any atom is 0.328 e. The van der Waals surface area contributed by atoms with Crippen LogP contribution in [0.2, 0.25) is 0 Å². The third-order valence-corrected chi connectivity index (χ3v) is 7.27. The topological polar surface area (TPSA) is 99.4 Å². The lowest BCUT2D eigenvalue weighted by atomic mass is 10.2. The molecule has 8 nitrogen and oxygen atoms in total. The van der Waals surface area contributed by atoms with Gasteiger partial charge >= 0.3 is 5.69 Å². The van der Waals surface area contributed by atoms with Gasteiger partial charge in [-0.3, -0.25) is 13.9 Å². The number of benzene rings is 3. The standard InChI is InChI=1S/C24H22FN3O5S/c1-4-33-17-9-5-15(6-10-17)23(29)26-19-13-20-21(28(3)24(30)27(20)2)14-22(19)34(31,32)18-11-7-16(25)8-12-18/h5-14H,4H2,1-3H3,(H,26,29). The molecule has 0 spiro atoms. The van der Waals surface area contributed by atoms with Crippen molar-refractivity contribution in [1.29, 1.82) is 0 Å². The molecule has 1 heterocycles. The summed E-state index contributed by atoms with van der Waals surface area (Å²) in [6.07, 6.45) is 0. The minimum absolute atomic E-state index is 0.00286. The molecule has 3 aromatic carbocycles. The van der Waals surface area contributed by atoms with Crippen LogP contribution in [-0.4, -0.2) is 30.1 Å². The molecular weight excluding hydrogens is 461 g/mol. The van der Waals surface area contributed by atoms with Gasteiger partial charge in [0.1, 0.15) is 11.6 Å². The van der Waals surface area contributed by atoms with Crippen molar-refractivity contribution >= 4 is 32.5 Å². The number of sulfone groups is 1. The van der Waals surface area contributed by atoms with E-state index in [1.807, 2.05) is 6.92 Å². The number of ether oxygens (including phenoxy) is 1. The monoisotopic (exact) mass is 483 g/mol. The summed E-state index contributed by atoms with van der Waals surface area (Å²) in [5, 5.41) is 2.66. The van der Waals surface area contributed by atoms with Crippen molar-refractivity contribution in [3.05, 3.63) is 82.5 Å². The van der Waals surface area contributed by atoms with Crippen molar-refractivity contribution in [3.63, 3.8) is 0 Å². The maximum absolute atomic E-state index is 13.5. The molecule has 0 aliphatic carbocycles. The van der Waals surface area contributed by atoms with E-state index in [1.165, 1.54) is 28.3 Å². The molecule has 0 saturated heterocycles. The molecule has 4 rings (SSSR count). The van der Waals surface area contributed by atoms with Gasteiger partial charge in [0.05, 0.1) is 33.1 Å². The largest absolute Gasteiger partial charge is 0.494 e. The van der Waals surface area contributed by atoms with Crippen LogP contribution < -0.4 is 15.7 Å². The summed E-state index contributed by atoms with van der Waals surface area (Å²) < 4.78 is 48.4. The van der Waals surface area contributed by atoms with Crippen molar-refractivity contribution in [2.45, 2.75) is 16.7 Å². The first-order chi connectivity index (χ1) is 16.1. The second-order valence-electron chi connectivity index (χ2n) is 7.61. The lowest BCUT2D eigenvalue weighted by Gasteiger charge is -2.14. The number of halogens is 1. The number of aryl methyl sites for hydroxylation is 2. The van der Waals surface area contributed by atoms with Crippen LogP contribution in [0, 0.1) is 5.82 Å². The molecule has 34 heavy (non-hydrogen) atoms. The molecule has 0 unspecified atom stereocenters. The van der Waals surface area contributed by atoms with E-state index in [0.717, 1.165) is 24.3 Å². The highest BCUT2D eigenvalue weighted by Crippen LogP contribution is 2.32. The molecule has 0 aliphatic rings. The van der Waals surface area contributed by atoms with Gasteiger partial charge in [0.15, 0.2) is 0 Å². The summed E-state index contributed by atoms with van der Waals surface area (Å²) in [5.41, 5.74) is 0.738. The highest BCUT2D eigenvalue weighted by molar-refractivity contribution is 7.91. The Labute approximate surface area is 195 Å². The zero-order valence-electron chi connectivity index (χ0n) is 18.7. The van der Waals surface area contributed by atoms with E-state index in [1.54, 1.807) is 31.3 Å². The number of rotatable bonds is 6. The number of carbonyl (C=O) groups is 1. The van der Waals surface area contributed by atoms with Crippen molar-refractivity contribution in [3.8, 4) is 5.75 Å². The van der Waals surface area contributed by atoms with E-state index >= 15 is 0 Å². The van der Waals surface area contributed by atoms with Gasteiger partial charge in [-0.2, -0.15) is 0 Å². The van der Waals surface area contributed by atoms with E-state index in [9.17, 15) is 22.4 Å². The molecule has 4 aromatic rings. The molecule has 0 aliphatic heterocycles. The molecule has 1 amide bonds. The molecule has 0 fully saturated rings. The summed E-state index contributed by atoms with van der Waals surface area (Å²) in [6.45, 7) is 2.32. The SMILES string of the molecule is CCOc1ccc(C(=O)Nc2cc3c(cc2S(=O)(=O)c2ccc(F)cc2)n(C)c(=O)n3C)cc1. The summed E-state index contributed by atoms with van der Waals surface area (Å²) >= 11 is 0. The Balaban J connectivity index is 1.85. The van der Waals surface area contributed by atoms with Crippen molar-refractivity contribution in [2.75, 3.05) is 11.9 Å². The number of hydrogen-bond acceptors (Lipinski definition) is 5. The third-order valence-electron chi connectivity index (χ3n) is 5.46. The zero-order chi connectivity index (χ0) is 24.6. The Morgan fingerprint density at radius 1 is 0.971 bits per heavy atom. The minimum Gasteiger partial charge on any atom is -0.494 e. The normalized spacial score (nSPS) is 11.5. The van der Waals surface area contributed by atoms with Crippen LogP contribution in [-0.2, 0) is 23.9 Å². The first-order valence-corrected chi connectivity index (χ1v) is 11.9. The van der Waals surface area contributed by atoms with Gasteiger partial charge in [-0.1, -0.05) is 0 Å². The van der Waals surface area contributed by atoms with Crippen LogP contribution in [0.1, 0.15) is 17.3 Å². The van der Waals surface area contributed by atoms with Crippen LogP contribution in [0.3, 0.4) is 0 Å². The second kappa shape index (κ2) is 8.79. The molecule has 176 valence electrons. The number of hydrogen-bond donors (Lipinski definition) is 1. The third kappa shape index (κ3) is 4.08. The van der Waals surface area contributed by atoms with Crippen molar-refractivity contribution in [2.24, 2.45) is 14.1 Å². The summed E-state index contributed by atoms with van der Waals surface area (Å²) in [4.78, 5) is 25.0. The fraction of sp³-hybridized carbons (Fsp3) is 0.167. The number of carbonyl (C=O) groups excluding carboxylic acids is 1. The van der Waals surface area contributed by atoms with Gasteiger partial charge in [0.25, 0.3) is 5.91 Å². The highest BCUT2D eigenvalue weighted by Gasteiger charge is 2.25. The van der Waals surface area contributed by atoms with Crippen molar-refractivity contribution < 1.29 is 22.3 Å². The summed E-state index contributed by atoms with van der Waals surface area (Å²) in [5.74, 6) is -0.526. The van der Waals surface area contributed by atoms with Gasteiger partial charge in [-0.15, -0.1) is 0 Å². The number of anilines is 1.